The third-order valence-electron chi connectivity index (χ3n) is 4.98. The molecule has 1 fully saturated rings. The monoisotopic (exact) mass is 406 g/mol. The number of amides is 1. The molecule has 4 rings (SSSR count). The van der Waals surface area contributed by atoms with Gasteiger partial charge in [0.1, 0.15) is 12.7 Å². The van der Waals surface area contributed by atoms with Gasteiger partial charge >= 0.3 is 5.97 Å². The fraction of sp³-hybridized carbons (Fsp3) is 0.286. The van der Waals surface area contributed by atoms with Crippen molar-refractivity contribution in [1.29, 1.82) is 0 Å². The molecular formula is C21H22N6O3. The Hall–Kier alpha value is -3.75. The van der Waals surface area contributed by atoms with E-state index in [0.717, 1.165) is 18.8 Å². The van der Waals surface area contributed by atoms with Gasteiger partial charge in [-0.2, -0.15) is 5.10 Å². The second-order valence-corrected chi connectivity index (χ2v) is 6.94. The number of aromatic nitrogens is 4. The maximum Gasteiger partial charge on any atom is 0.339 e. The molecule has 3 aromatic rings. The molecule has 154 valence electrons. The number of para-hydroxylation sites is 1. The number of anilines is 1. The van der Waals surface area contributed by atoms with Gasteiger partial charge in [0, 0.05) is 38.1 Å². The van der Waals surface area contributed by atoms with Gasteiger partial charge in [-0.05, 0) is 31.2 Å². The molecule has 0 bridgehead atoms. The van der Waals surface area contributed by atoms with E-state index in [-0.39, 0.29) is 5.91 Å². The van der Waals surface area contributed by atoms with Gasteiger partial charge in [-0.1, -0.05) is 18.2 Å². The van der Waals surface area contributed by atoms with E-state index in [1.54, 1.807) is 24.0 Å². The minimum atomic E-state index is -0.872. The van der Waals surface area contributed by atoms with Crippen molar-refractivity contribution in [3.63, 3.8) is 0 Å². The van der Waals surface area contributed by atoms with Crippen LogP contribution in [0.15, 0.2) is 61.3 Å². The highest BCUT2D eigenvalue weighted by molar-refractivity contribution is 5.92. The Morgan fingerprint density at radius 3 is 2.53 bits per heavy atom. The molecule has 1 aliphatic rings. The van der Waals surface area contributed by atoms with Crippen LogP contribution in [0.1, 0.15) is 17.3 Å². The summed E-state index contributed by atoms with van der Waals surface area (Å²) in [5, 5.41) is 3.99. The number of piperazine rings is 1. The van der Waals surface area contributed by atoms with Crippen molar-refractivity contribution in [3.8, 4) is 5.82 Å². The minimum absolute atomic E-state index is 0.193. The predicted octanol–water partition coefficient (Wildman–Crippen LogP) is 1.56. The largest absolute Gasteiger partial charge is 0.449 e. The van der Waals surface area contributed by atoms with E-state index in [1.807, 2.05) is 18.2 Å². The molecule has 30 heavy (non-hydrogen) atoms. The van der Waals surface area contributed by atoms with Crippen LogP contribution in [-0.2, 0) is 9.53 Å². The highest BCUT2D eigenvalue weighted by Crippen LogP contribution is 2.16. The van der Waals surface area contributed by atoms with E-state index in [1.165, 1.54) is 23.5 Å². The molecule has 1 saturated heterocycles. The smallest absolute Gasteiger partial charge is 0.339 e. The van der Waals surface area contributed by atoms with Crippen molar-refractivity contribution in [2.45, 2.75) is 13.0 Å². The number of rotatable bonds is 5. The number of nitrogens with zero attached hydrogens (tertiary/aromatic N) is 6. The zero-order valence-corrected chi connectivity index (χ0v) is 16.6. The number of carbonyl (C=O) groups excluding carboxylic acids is 2. The van der Waals surface area contributed by atoms with Crippen LogP contribution in [-0.4, -0.2) is 68.8 Å². The van der Waals surface area contributed by atoms with Crippen LogP contribution in [0.25, 0.3) is 5.82 Å². The fourth-order valence-corrected chi connectivity index (χ4v) is 3.36. The SMILES string of the molecule is CC(OC(=O)c1ccnc(-n2cncn2)c1)C(=O)N1CCN(c2ccccc2)CC1. The number of carbonyl (C=O) groups is 2. The molecule has 1 aromatic carbocycles. The summed E-state index contributed by atoms with van der Waals surface area (Å²) in [7, 11) is 0. The van der Waals surface area contributed by atoms with Crippen molar-refractivity contribution in [3.05, 3.63) is 66.9 Å². The molecule has 1 atom stereocenters. The highest BCUT2D eigenvalue weighted by Gasteiger charge is 2.27. The molecule has 0 aliphatic carbocycles. The fourth-order valence-electron chi connectivity index (χ4n) is 3.36. The zero-order chi connectivity index (χ0) is 20.9. The van der Waals surface area contributed by atoms with Crippen LogP contribution in [0.5, 0.6) is 0 Å². The van der Waals surface area contributed by atoms with Crippen LogP contribution in [0.2, 0.25) is 0 Å². The van der Waals surface area contributed by atoms with Crippen molar-refractivity contribution >= 4 is 17.6 Å². The van der Waals surface area contributed by atoms with Crippen LogP contribution in [0.4, 0.5) is 5.69 Å². The maximum atomic E-state index is 12.8. The quantitative estimate of drug-likeness (QED) is 0.594. The molecule has 2 aromatic heterocycles. The molecule has 0 radical (unpaired) electrons. The first-order valence-electron chi connectivity index (χ1n) is 9.72. The maximum absolute atomic E-state index is 12.8. The van der Waals surface area contributed by atoms with Crippen LogP contribution in [0, 0.1) is 0 Å². The van der Waals surface area contributed by atoms with Gasteiger partial charge in [-0.3, -0.25) is 4.79 Å². The van der Waals surface area contributed by atoms with Crippen molar-refractivity contribution < 1.29 is 14.3 Å². The first-order chi connectivity index (χ1) is 14.6. The lowest BCUT2D eigenvalue weighted by atomic mass is 10.2. The predicted molar refractivity (Wildman–Crippen MR) is 109 cm³/mol. The molecule has 1 aliphatic heterocycles. The molecule has 0 spiro atoms. The summed E-state index contributed by atoms with van der Waals surface area (Å²) in [4.78, 5) is 37.3. The van der Waals surface area contributed by atoms with Gasteiger partial charge in [-0.15, -0.1) is 0 Å². The van der Waals surface area contributed by atoms with E-state index in [4.69, 9.17) is 4.74 Å². The highest BCUT2D eigenvalue weighted by atomic mass is 16.5. The first kappa shape index (κ1) is 19.6. The molecule has 0 N–H and O–H groups in total. The summed E-state index contributed by atoms with van der Waals surface area (Å²) in [6.07, 6.45) is 3.48. The van der Waals surface area contributed by atoms with Crippen LogP contribution >= 0.6 is 0 Å². The summed E-state index contributed by atoms with van der Waals surface area (Å²) >= 11 is 0. The van der Waals surface area contributed by atoms with E-state index < -0.39 is 12.1 Å². The lowest BCUT2D eigenvalue weighted by Crippen LogP contribution is -2.51. The van der Waals surface area contributed by atoms with Crippen molar-refractivity contribution in [1.82, 2.24) is 24.6 Å². The Labute approximate surface area is 173 Å². The van der Waals surface area contributed by atoms with Gasteiger partial charge in [0.2, 0.25) is 0 Å². The van der Waals surface area contributed by atoms with Gasteiger partial charge in [-0.25, -0.2) is 19.4 Å². The number of ether oxygens (including phenoxy) is 1. The van der Waals surface area contributed by atoms with Gasteiger partial charge in [0.15, 0.2) is 11.9 Å². The average molecular weight is 406 g/mol. The average Bonchev–Trinajstić information content (AvgIpc) is 3.34. The summed E-state index contributed by atoms with van der Waals surface area (Å²) < 4.78 is 6.86. The molecule has 9 heteroatoms. The minimum Gasteiger partial charge on any atom is -0.449 e. The molecular weight excluding hydrogens is 384 g/mol. The van der Waals surface area contributed by atoms with Gasteiger partial charge in [0.25, 0.3) is 5.91 Å². The normalized spacial score (nSPS) is 15.0. The number of esters is 1. The Kier molecular flexibility index (Phi) is 5.69. The third-order valence-corrected chi connectivity index (χ3v) is 4.98. The van der Waals surface area contributed by atoms with E-state index >= 15 is 0 Å². The number of pyridine rings is 1. The zero-order valence-electron chi connectivity index (χ0n) is 16.6. The lowest BCUT2D eigenvalue weighted by Gasteiger charge is -2.37. The Balaban J connectivity index is 1.34. The van der Waals surface area contributed by atoms with Gasteiger partial charge < -0.3 is 14.5 Å². The summed E-state index contributed by atoms with van der Waals surface area (Å²) in [5.41, 5.74) is 1.44. The van der Waals surface area contributed by atoms with Crippen molar-refractivity contribution in [2.75, 3.05) is 31.1 Å². The molecule has 1 amide bonds. The summed E-state index contributed by atoms with van der Waals surface area (Å²) in [5.74, 6) is -0.331. The Morgan fingerprint density at radius 1 is 1.07 bits per heavy atom. The molecule has 9 nitrogen and oxygen atoms in total. The summed E-state index contributed by atoms with van der Waals surface area (Å²) in [6, 6.07) is 13.2. The Bertz CT molecular complexity index is 1000. The second kappa shape index (κ2) is 8.73. The standard InChI is InChI=1S/C21H22N6O3/c1-16(20(28)26-11-9-25(10-12-26)18-5-3-2-4-6-18)30-21(29)17-7-8-23-19(13-17)27-15-22-14-24-27/h2-8,13-16H,9-12H2,1H3. The van der Waals surface area contributed by atoms with Crippen LogP contribution in [0.3, 0.4) is 0 Å². The molecule has 3 heterocycles. The van der Waals surface area contributed by atoms with Gasteiger partial charge in [0.05, 0.1) is 5.56 Å². The van der Waals surface area contributed by atoms with E-state index in [2.05, 4.69) is 32.1 Å². The topological polar surface area (TPSA) is 93.4 Å². The third kappa shape index (κ3) is 4.29. The van der Waals surface area contributed by atoms with Crippen molar-refractivity contribution in [2.24, 2.45) is 0 Å². The first-order valence-corrected chi connectivity index (χ1v) is 9.72. The Morgan fingerprint density at radius 2 is 1.83 bits per heavy atom. The number of hydrogen-bond acceptors (Lipinski definition) is 7. The van der Waals surface area contributed by atoms with E-state index in [0.29, 0.717) is 24.5 Å². The summed E-state index contributed by atoms with van der Waals surface area (Å²) in [6.45, 7) is 4.25. The van der Waals surface area contributed by atoms with E-state index in [9.17, 15) is 9.59 Å². The van der Waals surface area contributed by atoms with Crippen LogP contribution < -0.4 is 4.90 Å². The number of benzene rings is 1. The second-order valence-electron chi connectivity index (χ2n) is 6.94. The molecule has 1 unspecified atom stereocenters. The number of hydrogen-bond donors (Lipinski definition) is 0. The molecule has 0 saturated carbocycles. The lowest BCUT2D eigenvalue weighted by molar-refractivity contribution is -0.140.